The minimum absolute atomic E-state index is 0.0881. The van der Waals surface area contributed by atoms with Crippen molar-refractivity contribution in [2.24, 2.45) is 0 Å². The number of aromatic nitrogens is 1. The first-order chi connectivity index (χ1) is 10.2. The van der Waals surface area contributed by atoms with Gasteiger partial charge < -0.3 is 9.84 Å². The zero-order chi connectivity index (χ0) is 15.2. The summed E-state index contributed by atoms with van der Waals surface area (Å²) in [6.45, 7) is 7.01. The monoisotopic (exact) mass is 305 g/mol. The van der Waals surface area contributed by atoms with Crippen LogP contribution in [-0.2, 0) is 19.4 Å². The predicted molar refractivity (Wildman–Crippen MR) is 87.1 cm³/mol. The van der Waals surface area contributed by atoms with Gasteiger partial charge in [-0.25, -0.2) is 4.98 Å². The molecular formula is C17H23NO2S. The second-order valence-electron chi connectivity index (χ2n) is 5.18. The Hall–Kier alpha value is -1.39. The number of rotatable bonds is 7. The van der Waals surface area contributed by atoms with Crippen LogP contribution in [0.3, 0.4) is 0 Å². The normalized spacial score (nSPS) is 10.9. The molecule has 0 amide bonds. The van der Waals surface area contributed by atoms with E-state index < -0.39 is 0 Å². The lowest BCUT2D eigenvalue weighted by Crippen LogP contribution is -2.03. The van der Waals surface area contributed by atoms with Gasteiger partial charge in [-0.15, -0.1) is 11.3 Å². The summed E-state index contributed by atoms with van der Waals surface area (Å²) in [4.78, 5) is 5.62. The molecule has 21 heavy (non-hydrogen) atoms. The molecule has 0 aliphatic rings. The van der Waals surface area contributed by atoms with Gasteiger partial charge in [0.15, 0.2) is 0 Å². The third kappa shape index (κ3) is 4.05. The van der Waals surface area contributed by atoms with E-state index in [2.05, 4.69) is 31.8 Å². The zero-order valence-corrected chi connectivity index (χ0v) is 13.8. The maximum atomic E-state index is 9.37. The molecule has 2 aromatic rings. The highest BCUT2D eigenvalue weighted by Crippen LogP contribution is 2.23. The number of thiazole rings is 1. The van der Waals surface area contributed by atoms with Crippen LogP contribution < -0.4 is 4.74 Å². The maximum Gasteiger partial charge on any atom is 0.122 e. The molecule has 0 aliphatic heterocycles. The van der Waals surface area contributed by atoms with Crippen LogP contribution in [0.1, 0.15) is 40.1 Å². The standard InChI is InChI=1S/C17H23NO2S/c1-4-6-14-16(11-19)21-17(18-14)9-10-20-15-8-5-7-12(2)13(15)3/h5,7-8,19H,4,6,9-11H2,1-3H3. The second kappa shape index (κ2) is 7.57. The summed E-state index contributed by atoms with van der Waals surface area (Å²) < 4.78 is 5.87. The van der Waals surface area contributed by atoms with Crippen LogP contribution in [0.15, 0.2) is 18.2 Å². The van der Waals surface area contributed by atoms with Crippen LogP contribution in [0, 0.1) is 13.8 Å². The van der Waals surface area contributed by atoms with E-state index in [1.807, 2.05) is 12.1 Å². The van der Waals surface area contributed by atoms with E-state index in [0.717, 1.165) is 40.6 Å². The largest absolute Gasteiger partial charge is 0.493 e. The van der Waals surface area contributed by atoms with Crippen LogP contribution >= 0.6 is 11.3 Å². The van der Waals surface area contributed by atoms with E-state index in [1.54, 1.807) is 11.3 Å². The first kappa shape index (κ1) is 16.0. The van der Waals surface area contributed by atoms with Gasteiger partial charge in [0, 0.05) is 6.42 Å². The number of aliphatic hydroxyl groups excluding tert-OH is 1. The highest BCUT2D eigenvalue weighted by atomic mass is 32.1. The summed E-state index contributed by atoms with van der Waals surface area (Å²) >= 11 is 1.60. The summed E-state index contributed by atoms with van der Waals surface area (Å²) in [5, 5.41) is 10.4. The highest BCUT2D eigenvalue weighted by Gasteiger charge is 2.10. The Bertz CT molecular complexity index is 592. The van der Waals surface area contributed by atoms with Crippen molar-refractivity contribution in [2.45, 2.75) is 46.6 Å². The molecule has 4 heteroatoms. The van der Waals surface area contributed by atoms with Crippen LogP contribution in [0.25, 0.3) is 0 Å². The Morgan fingerprint density at radius 3 is 2.76 bits per heavy atom. The molecule has 0 aliphatic carbocycles. The molecule has 0 fully saturated rings. The van der Waals surface area contributed by atoms with Crippen molar-refractivity contribution < 1.29 is 9.84 Å². The topological polar surface area (TPSA) is 42.4 Å². The minimum atomic E-state index is 0.0881. The van der Waals surface area contributed by atoms with Gasteiger partial charge in [0.1, 0.15) is 5.75 Å². The van der Waals surface area contributed by atoms with Gasteiger partial charge in [-0.1, -0.05) is 25.5 Å². The third-order valence-electron chi connectivity index (χ3n) is 3.58. The Kier molecular flexibility index (Phi) is 5.76. The van der Waals surface area contributed by atoms with Gasteiger partial charge in [0.05, 0.1) is 28.8 Å². The van der Waals surface area contributed by atoms with Gasteiger partial charge in [-0.05, 0) is 37.5 Å². The highest BCUT2D eigenvalue weighted by molar-refractivity contribution is 7.11. The third-order valence-corrected chi connectivity index (χ3v) is 4.72. The number of hydrogen-bond donors (Lipinski definition) is 1. The molecule has 3 nitrogen and oxygen atoms in total. The average Bonchev–Trinajstić information content (AvgIpc) is 2.86. The molecule has 0 radical (unpaired) electrons. The Morgan fingerprint density at radius 2 is 2.05 bits per heavy atom. The molecule has 0 saturated heterocycles. The molecule has 114 valence electrons. The predicted octanol–water partition coefficient (Wildman–Crippen LogP) is 3.83. The van der Waals surface area contributed by atoms with Crippen molar-refractivity contribution in [2.75, 3.05) is 6.61 Å². The molecule has 1 aromatic heterocycles. The quantitative estimate of drug-likeness (QED) is 0.845. The van der Waals surface area contributed by atoms with Crippen LogP contribution in [0.5, 0.6) is 5.75 Å². The van der Waals surface area contributed by atoms with Crippen LogP contribution in [0.2, 0.25) is 0 Å². The van der Waals surface area contributed by atoms with E-state index >= 15 is 0 Å². The SMILES string of the molecule is CCCc1nc(CCOc2cccc(C)c2C)sc1CO. The number of ether oxygens (including phenoxy) is 1. The molecule has 1 N–H and O–H groups in total. The summed E-state index contributed by atoms with van der Waals surface area (Å²) in [7, 11) is 0. The number of aliphatic hydroxyl groups is 1. The Balaban J connectivity index is 1.95. The number of benzene rings is 1. The van der Waals surface area contributed by atoms with Crippen molar-refractivity contribution in [1.29, 1.82) is 0 Å². The lowest BCUT2D eigenvalue weighted by Gasteiger charge is -2.09. The van der Waals surface area contributed by atoms with E-state index in [1.165, 1.54) is 11.1 Å². The van der Waals surface area contributed by atoms with E-state index in [0.29, 0.717) is 6.61 Å². The van der Waals surface area contributed by atoms with Crippen LogP contribution in [-0.4, -0.2) is 16.7 Å². The Morgan fingerprint density at radius 1 is 1.24 bits per heavy atom. The molecular weight excluding hydrogens is 282 g/mol. The van der Waals surface area contributed by atoms with Crippen molar-refractivity contribution in [3.8, 4) is 5.75 Å². The average molecular weight is 305 g/mol. The van der Waals surface area contributed by atoms with Gasteiger partial charge in [0.2, 0.25) is 0 Å². The molecule has 0 saturated carbocycles. The fourth-order valence-corrected chi connectivity index (χ4v) is 3.18. The fraction of sp³-hybridized carbons (Fsp3) is 0.471. The number of hydrogen-bond acceptors (Lipinski definition) is 4. The molecule has 0 atom stereocenters. The number of nitrogens with zero attached hydrogens (tertiary/aromatic N) is 1. The molecule has 2 rings (SSSR count). The van der Waals surface area contributed by atoms with E-state index in [9.17, 15) is 5.11 Å². The number of aryl methyl sites for hydroxylation is 2. The van der Waals surface area contributed by atoms with Crippen molar-refractivity contribution in [1.82, 2.24) is 4.98 Å². The molecule has 0 bridgehead atoms. The maximum absolute atomic E-state index is 9.37. The lowest BCUT2D eigenvalue weighted by molar-refractivity contribution is 0.284. The van der Waals surface area contributed by atoms with E-state index in [-0.39, 0.29) is 6.61 Å². The summed E-state index contributed by atoms with van der Waals surface area (Å²) in [6, 6.07) is 6.11. The van der Waals surface area contributed by atoms with Gasteiger partial charge in [-0.3, -0.25) is 0 Å². The summed E-state index contributed by atoms with van der Waals surface area (Å²) in [5.74, 6) is 0.947. The molecule has 0 spiro atoms. The summed E-state index contributed by atoms with van der Waals surface area (Å²) in [6.07, 6.45) is 2.77. The smallest absolute Gasteiger partial charge is 0.122 e. The molecule has 1 heterocycles. The van der Waals surface area contributed by atoms with Gasteiger partial charge in [0.25, 0.3) is 0 Å². The lowest BCUT2D eigenvalue weighted by atomic mass is 10.1. The van der Waals surface area contributed by atoms with E-state index in [4.69, 9.17) is 4.74 Å². The van der Waals surface area contributed by atoms with Crippen molar-refractivity contribution >= 4 is 11.3 Å². The molecule has 0 unspecified atom stereocenters. The Labute approximate surface area is 130 Å². The van der Waals surface area contributed by atoms with Crippen molar-refractivity contribution in [3.05, 3.63) is 44.9 Å². The first-order valence-electron chi connectivity index (χ1n) is 7.43. The zero-order valence-electron chi connectivity index (χ0n) is 13.0. The summed E-state index contributed by atoms with van der Waals surface area (Å²) in [5.41, 5.74) is 3.49. The second-order valence-corrected chi connectivity index (χ2v) is 6.35. The minimum Gasteiger partial charge on any atom is -0.493 e. The van der Waals surface area contributed by atoms with Gasteiger partial charge in [-0.2, -0.15) is 0 Å². The fourth-order valence-electron chi connectivity index (χ4n) is 2.23. The molecule has 1 aromatic carbocycles. The van der Waals surface area contributed by atoms with Crippen molar-refractivity contribution in [3.63, 3.8) is 0 Å². The van der Waals surface area contributed by atoms with Gasteiger partial charge >= 0.3 is 0 Å². The first-order valence-corrected chi connectivity index (χ1v) is 8.24. The van der Waals surface area contributed by atoms with Crippen LogP contribution in [0.4, 0.5) is 0 Å².